The van der Waals surface area contributed by atoms with Gasteiger partial charge < -0.3 is 4.90 Å². The van der Waals surface area contributed by atoms with Crippen molar-refractivity contribution in [2.45, 2.75) is 19.9 Å². The molecule has 0 aromatic carbocycles. The SMILES string of the molecule is Cc1ccc(C(=O)N(C)C(C)CCl)s1. The average Bonchev–Trinajstić information content (AvgIpc) is 2.61. The highest BCUT2D eigenvalue weighted by Crippen LogP contribution is 2.17. The van der Waals surface area contributed by atoms with Gasteiger partial charge in [0, 0.05) is 23.8 Å². The first-order chi connectivity index (χ1) is 6.56. The number of alkyl halides is 1. The van der Waals surface area contributed by atoms with E-state index in [0.29, 0.717) is 5.88 Å². The maximum Gasteiger partial charge on any atom is 0.263 e. The van der Waals surface area contributed by atoms with Gasteiger partial charge in [0.15, 0.2) is 0 Å². The van der Waals surface area contributed by atoms with Gasteiger partial charge >= 0.3 is 0 Å². The molecule has 0 aliphatic heterocycles. The molecule has 1 heterocycles. The first-order valence-electron chi connectivity index (χ1n) is 4.45. The summed E-state index contributed by atoms with van der Waals surface area (Å²) in [7, 11) is 1.78. The minimum atomic E-state index is 0.0521. The highest BCUT2D eigenvalue weighted by molar-refractivity contribution is 7.13. The summed E-state index contributed by atoms with van der Waals surface area (Å²) in [5.74, 6) is 0.517. The van der Waals surface area contributed by atoms with E-state index in [-0.39, 0.29) is 11.9 Å². The third kappa shape index (κ3) is 2.49. The number of hydrogen-bond acceptors (Lipinski definition) is 2. The molecule has 0 aliphatic carbocycles. The molecule has 0 aliphatic rings. The molecule has 0 bridgehead atoms. The van der Waals surface area contributed by atoms with Gasteiger partial charge in [-0.2, -0.15) is 0 Å². The summed E-state index contributed by atoms with van der Waals surface area (Å²) in [6.45, 7) is 3.93. The molecule has 0 saturated carbocycles. The molecule has 0 N–H and O–H groups in total. The van der Waals surface area contributed by atoms with Gasteiger partial charge in [0.1, 0.15) is 0 Å². The van der Waals surface area contributed by atoms with Crippen LogP contribution in [0.15, 0.2) is 12.1 Å². The number of thiophene rings is 1. The molecule has 1 aromatic heterocycles. The van der Waals surface area contributed by atoms with Crippen molar-refractivity contribution in [2.24, 2.45) is 0 Å². The molecule has 2 nitrogen and oxygen atoms in total. The Morgan fingerprint density at radius 3 is 2.71 bits per heavy atom. The van der Waals surface area contributed by atoms with Crippen molar-refractivity contribution < 1.29 is 4.79 Å². The fourth-order valence-corrected chi connectivity index (χ4v) is 2.08. The van der Waals surface area contributed by atoms with Crippen molar-refractivity contribution in [2.75, 3.05) is 12.9 Å². The van der Waals surface area contributed by atoms with Gasteiger partial charge in [0.25, 0.3) is 5.91 Å². The molecule has 0 radical (unpaired) electrons. The van der Waals surface area contributed by atoms with E-state index in [1.165, 1.54) is 11.3 Å². The molecule has 0 fully saturated rings. The Bertz CT molecular complexity index is 324. The van der Waals surface area contributed by atoms with Gasteiger partial charge in [-0.3, -0.25) is 4.79 Å². The van der Waals surface area contributed by atoms with Crippen LogP contribution in [0.5, 0.6) is 0 Å². The van der Waals surface area contributed by atoms with Crippen molar-refractivity contribution in [1.29, 1.82) is 0 Å². The molecule has 78 valence electrons. The predicted molar refractivity (Wildman–Crippen MR) is 61.3 cm³/mol. The maximum atomic E-state index is 11.8. The van der Waals surface area contributed by atoms with Crippen molar-refractivity contribution >= 4 is 28.8 Å². The fraction of sp³-hybridized carbons (Fsp3) is 0.500. The zero-order valence-corrected chi connectivity index (χ0v) is 10.2. The average molecular weight is 232 g/mol. The van der Waals surface area contributed by atoms with Crippen LogP contribution in [0.2, 0.25) is 0 Å². The highest BCUT2D eigenvalue weighted by atomic mass is 35.5. The maximum absolute atomic E-state index is 11.8. The Kier molecular flexibility index (Phi) is 3.96. The van der Waals surface area contributed by atoms with Gasteiger partial charge in [-0.15, -0.1) is 22.9 Å². The van der Waals surface area contributed by atoms with Crippen molar-refractivity contribution in [3.05, 3.63) is 21.9 Å². The largest absolute Gasteiger partial charge is 0.337 e. The van der Waals surface area contributed by atoms with E-state index in [1.54, 1.807) is 11.9 Å². The van der Waals surface area contributed by atoms with Crippen molar-refractivity contribution in [1.82, 2.24) is 4.90 Å². The molecule has 1 amide bonds. The van der Waals surface area contributed by atoms with Crippen LogP contribution < -0.4 is 0 Å². The van der Waals surface area contributed by atoms with Gasteiger partial charge in [-0.05, 0) is 26.0 Å². The standard InChI is InChI=1S/C10H14ClNOS/c1-7(6-11)12(3)10(13)9-5-4-8(2)14-9/h4-5,7H,6H2,1-3H3. The second-order valence-electron chi connectivity index (χ2n) is 3.33. The molecule has 0 saturated heterocycles. The van der Waals surface area contributed by atoms with E-state index in [9.17, 15) is 4.79 Å². The molecule has 1 unspecified atom stereocenters. The number of nitrogens with zero attached hydrogens (tertiary/aromatic N) is 1. The van der Waals surface area contributed by atoms with E-state index in [2.05, 4.69) is 0 Å². The lowest BCUT2D eigenvalue weighted by molar-refractivity contribution is 0.0761. The van der Waals surface area contributed by atoms with E-state index in [4.69, 9.17) is 11.6 Å². The zero-order chi connectivity index (χ0) is 10.7. The number of carbonyl (C=O) groups is 1. The molecule has 14 heavy (non-hydrogen) atoms. The molecular weight excluding hydrogens is 218 g/mol. The molecule has 1 aromatic rings. The van der Waals surface area contributed by atoms with E-state index in [1.807, 2.05) is 26.0 Å². The minimum absolute atomic E-state index is 0.0521. The van der Waals surface area contributed by atoms with Crippen LogP contribution in [0.25, 0.3) is 0 Å². The van der Waals surface area contributed by atoms with Gasteiger partial charge in [0.05, 0.1) is 4.88 Å². The number of hydrogen-bond donors (Lipinski definition) is 0. The molecule has 0 spiro atoms. The predicted octanol–water partition coefficient (Wildman–Crippen LogP) is 2.76. The topological polar surface area (TPSA) is 20.3 Å². The lowest BCUT2D eigenvalue weighted by Crippen LogP contribution is -2.35. The summed E-state index contributed by atoms with van der Waals surface area (Å²) in [6, 6.07) is 3.89. The summed E-state index contributed by atoms with van der Waals surface area (Å²) >= 11 is 7.21. The Hall–Kier alpha value is -0.540. The summed E-state index contributed by atoms with van der Waals surface area (Å²) in [6.07, 6.45) is 0. The number of aryl methyl sites for hydroxylation is 1. The number of carbonyl (C=O) groups excluding carboxylic acids is 1. The van der Waals surface area contributed by atoms with Crippen LogP contribution >= 0.6 is 22.9 Å². The molecular formula is C10H14ClNOS. The summed E-state index contributed by atoms with van der Waals surface area (Å²) < 4.78 is 0. The monoisotopic (exact) mass is 231 g/mol. The molecule has 4 heteroatoms. The second-order valence-corrected chi connectivity index (χ2v) is 4.93. The van der Waals surface area contributed by atoms with Crippen LogP contribution in [-0.2, 0) is 0 Å². The Morgan fingerprint density at radius 2 is 2.29 bits per heavy atom. The summed E-state index contributed by atoms with van der Waals surface area (Å²) in [5, 5.41) is 0. The quantitative estimate of drug-likeness (QED) is 0.733. The van der Waals surface area contributed by atoms with Crippen LogP contribution in [-0.4, -0.2) is 29.8 Å². The first kappa shape index (κ1) is 11.5. The summed E-state index contributed by atoms with van der Waals surface area (Å²) in [4.78, 5) is 15.4. The van der Waals surface area contributed by atoms with Crippen LogP contribution in [0, 0.1) is 6.92 Å². The third-order valence-electron chi connectivity index (χ3n) is 2.16. The Balaban J connectivity index is 2.75. The third-order valence-corrected chi connectivity index (χ3v) is 3.59. The first-order valence-corrected chi connectivity index (χ1v) is 5.81. The fourth-order valence-electron chi connectivity index (χ4n) is 1.03. The van der Waals surface area contributed by atoms with E-state index in [0.717, 1.165) is 9.75 Å². The van der Waals surface area contributed by atoms with E-state index < -0.39 is 0 Å². The van der Waals surface area contributed by atoms with Gasteiger partial charge in [-0.1, -0.05) is 0 Å². The smallest absolute Gasteiger partial charge is 0.263 e. The number of rotatable bonds is 3. The normalized spacial score (nSPS) is 12.6. The number of halogens is 1. The van der Waals surface area contributed by atoms with Crippen LogP contribution in [0.3, 0.4) is 0 Å². The summed E-state index contributed by atoms with van der Waals surface area (Å²) in [5.41, 5.74) is 0. The van der Waals surface area contributed by atoms with Crippen molar-refractivity contribution in [3.63, 3.8) is 0 Å². The van der Waals surface area contributed by atoms with Gasteiger partial charge in [-0.25, -0.2) is 0 Å². The molecule has 1 atom stereocenters. The number of amides is 1. The Morgan fingerprint density at radius 1 is 1.64 bits per heavy atom. The lowest BCUT2D eigenvalue weighted by atomic mass is 10.3. The van der Waals surface area contributed by atoms with Crippen LogP contribution in [0.1, 0.15) is 21.5 Å². The highest BCUT2D eigenvalue weighted by Gasteiger charge is 2.17. The van der Waals surface area contributed by atoms with Crippen molar-refractivity contribution in [3.8, 4) is 0 Å². The minimum Gasteiger partial charge on any atom is -0.337 e. The van der Waals surface area contributed by atoms with E-state index >= 15 is 0 Å². The van der Waals surface area contributed by atoms with Gasteiger partial charge in [0.2, 0.25) is 0 Å². The zero-order valence-electron chi connectivity index (χ0n) is 8.58. The second kappa shape index (κ2) is 4.80. The Labute approximate surface area is 93.5 Å². The lowest BCUT2D eigenvalue weighted by Gasteiger charge is -2.22. The molecule has 1 rings (SSSR count). The van der Waals surface area contributed by atoms with Crippen LogP contribution in [0.4, 0.5) is 0 Å².